The third-order valence-electron chi connectivity index (χ3n) is 5.35. The molecule has 1 aromatic heterocycles. The fraction of sp³-hybridized carbons (Fsp3) is 0.765. The van der Waals surface area contributed by atoms with Gasteiger partial charge in [-0.3, -0.25) is 14.4 Å². The zero-order valence-electron chi connectivity index (χ0n) is 15.9. The number of hydrogen-bond donors (Lipinski definition) is 1. The van der Waals surface area contributed by atoms with E-state index >= 15 is 0 Å². The van der Waals surface area contributed by atoms with E-state index in [1.54, 1.807) is 0 Å². The largest absolute Gasteiger partial charge is 0.340 e. The Kier molecular flexibility index (Phi) is 11.1. The van der Waals surface area contributed by atoms with Crippen molar-refractivity contribution in [2.24, 2.45) is 7.05 Å². The lowest BCUT2D eigenvalue weighted by Gasteiger charge is -2.35. The van der Waals surface area contributed by atoms with E-state index in [4.69, 9.17) is 0 Å². The van der Waals surface area contributed by atoms with Crippen LogP contribution < -0.4 is 5.32 Å². The normalized spacial score (nSPS) is 20.1. The molecule has 2 saturated heterocycles. The number of piperazine rings is 1. The summed E-state index contributed by atoms with van der Waals surface area (Å²) in [7, 11) is 2.00. The fourth-order valence-corrected chi connectivity index (χ4v) is 3.70. The maximum Gasteiger partial charge on any atom is 0.224 e. The summed E-state index contributed by atoms with van der Waals surface area (Å²) < 4.78 is 1.96. The van der Waals surface area contributed by atoms with Crippen LogP contribution in [-0.4, -0.2) is 64.3 Å². The topological polar surface area (TPSA) is 53.4 Å². The van der Waals surface area contributed by atoms with E-state index in [0.717, 1.165) is 51.4 Å². The highest BCUT2D eigenvalue weighted by Gasteiger charge is 2.25. The smallest absolute Gasteiger partial charge is 0.224 e. The van der Waals surface area contributed by atoms with Gasteiger partial charge in [-0.1, -0.05) is 0 Å². The Balaban J connectivity index is 0.00000208. The minimum Gasteiger partial charge on any atom is -0.340 e. The average molecular weight is 429 g/mol. The van der Waals surface area contributed by atoms with Gasteiger partial charge in [-0.2, -0.15) is 5.10 Å². The molecule has 3 heterocycles. The van der Waals surface area contributed by atoms with E-state index < -0.39 is 0 Å². The second-order valence-corrected chi connectivity index (χ2v) is 6.93. The van der Waals surface area contributed by atoms with Crippen molar-refractivity contribution in [3.8, 4) is 0 Å². The second-order valence-electron chi connectivity index (χ2n) is 6.93. The summed E-state index contributed by atoms with van der Waals surface area (Å²) in [6.07, 6.45) is 3.02. The standard InChI is InChI=1S/C17H29N5O.3ClH/c1-13-16(14(2)20(3)19-13)12-21-7-9-22(10-8-21)17(23)11-15-5-4-6-18-15;;;/h15,18H,4-12H2,1-3H3;3*1H. The Hall–Kier alpha value is -0.530. The summed E-state index contributed by atoms with van der Waals surface area (Å²) in [5.74, 6) is 0.317. The van der Waals surface area contributed by atoms with Gasteiger partial charge in [0.15, 0.2) is 0 Å². The first-order valence-corrected chi connectivity index (χ1v) is 8.77. The molecule has 26 heavy (non-hydrogen) atoms. The first-order valence-electron chi connectivity index (χ1n) is 8.77. The molecule has 0 spiro atoms. The molecule has 0 aliphatic carbocycles. The van der Waals surface area contributed by atoms with Gasteiger partial charge in [0.05, 0.1) is 5.69 Å². The number of aromatic nitrogens is 2. The zero-order valence-corrected chi connectivity index (χ0v) is 18.3. The van der Waals surface area contributed by atoms with E-state index in [-0.39, 0.29) is 37.2 Å². The number of carbonyl (C=O) groups is 1. The molecule has 9 heteroatoms. The van der Waals surface area contributed by atoms with Crippen molar-refractivity contribution in [2.75, 3.05) is 32.7 Å². The van der Waals surface area contributed by atoms with Crippen molar-refractivity contribution >= 4 is 43.1 Å². The van der Waals surface area contributed by atoms with Crippen LogP contribution in [0.15, 0.2) is 0 Å². The molecule has 1 atom stereocenters. The molecule has 152 valence electrons. The lowest BCUT2D eigenvalue weighted by molar-refractivity contribution is -0.133. The van der Waals surface area contributed by atoms with Crippen LogP contribution in [0.3, 0.4) is 0 Å². The molecule has 6 nitrogen and oxygen atoms in total. The van der Waals surface area contributed by atoms with Crippen molar-refractivity contribution in [1.29, 1.82) is 0 Å². The third kappa shape index (κ3) is 5.99. The Morgan fingerprint density at radius 2 is 1.81 bits per heavy atom. The lowest BCUT2D eigenvalue weighted by atomic mass is 10.1. The van der Waals surface area contributed by atoms with Crippen molar-refractivity contribution in [2.45, 2.75) is 45.7 Å². The maximum atomic E-state index is 12.4. The van der Waals surface area contributed by atoms with E-state index in [0.29, 0.717) is 18.4 Å². The second kappa shape index (κ2) is 11.3. The van der Waals surface area contributed by atoms with Gasteiger partial charge in [0, 0.05) is 63.5 Å². The van der Waals surface area contributed by atoms with Crippen molar-refractivity contribution in [3.05, 3.63) is 17.0 Å². The molecule has 1 amide bonds. The lowest BCUT2D eigenvalue weighted by Crippen LogP contribution is -2.49. The summed E-state index contributed by atoms with van der Waals surface area (Å²) >= 11 is 0. The Morgan fingerprint density at radius 1 is 1.15 bits per heavy atom. The predicted molar refractivity (Wildman–Crippen MR) is 112 cm³/mol. The molecule has 2 fully saturated rings. The number of rotatable bonds is 4. The van der Waals surface area contributed by atoms with Crippen LogP contribution in [0.4, 0.5) is 0 Å². The minimum atomic E-state index is 0. The number of nitrogens with zero attached hydrogens (tertiary/aromatic N) is 4. The Labute approximate surface area is 175 Å². The van der Waals surface area contributed by atoms with Crippen LogP contribution >= 0.6 is 37.2 Å². The van der Waals surface area contributed by atoms with Gasteiger partial charge in [0.25, 0.3) is 0 Å². The molecule has 1 N–H and O–H groups in total. The van der Waals surface area contributed by atoms with Gasteiger partial charge in [-0.25, -0.2) is 0 Å². The Morgan fingerprint density at radius 3 is 2.31 bits per heavy atom. The van der Waals surface area contributed by atoms with Gasteiger partial charge in [-0.05, 0) is 33.2 Å². The minimum absolute atomic E-state index is 0. The van der Waals surface area contributed by atoms with Gasteiger partial charge in [0.1, 0.15) is 0 Å². The summed E-state index contributed by atoms with van der Waals surface area (Å²) in [4.78, 5) is 16.9. The van der Waals surface area contributed by atoms with E-state index in [2.05, 4.69) is 29.2 Å². The molecule has 2 aliphatic heterocycles. The van der Waals surface area contributed by atoms with Gasteiger partial charge >= 0.3 is 0 Å². The van der Waals surface area contributed by atoms with E-state index in [1.807, 2.05) is 16.6 Å². The van der Waals surface area contributed by atoms with Crippen LogP contribution in [0, 0.1) is 13.8 Å². The van der Waals surface area contributed by atoms with E-state index in [9.17, 15) is 4.79 Å². The molecule has 2 aliphatic rings. The average Bonchev–Trinajstić information content (AvgIpc) is 3.12. The number of amides is 1. The molecule has 1 aromatic rings. The number of carbonyl (C=O) groups excluding carboxylic acids is 1. The molecule has 3 rings (SSSR count). The van der Waals surface area contributed by atoms with Crippen molar-refractivity contribution < 1.29 is 4.79 Å². The summed E-state index contributed by atoms with van der Waals surface area (Å²) in [5.41, 5.74) is 3.70. The predicted octanol–water partition coefficient (Wildman–Crippen LogP) is 2.09. The number of halogens is 3. The number of aryl methyl sites for hydroxylation is 2. The molecule has 0 aromatic carbocycles. The zero-order chi connectivity index (χ0) is 16.4. The van der Waals surface area contributed by atoms with Crippen LogP contribution in [0.2, 0.25) is 0 Å². The highest BCUT2D eigenvalue weighted by Crippen LogP contribution is 2.17. The van der Waals surface area contributed by atoms with Gasteiger partial charge in [-0.15, -0.1) is 37.2 Å². The molecule has 0 saturated carbocycles. The monoisotopic (exact) mass is 427 g/mol. The number of nitrogens with one attached hydrogen (secondary N) is 1. The van der Waals surface area contributed by atoms with Crippen LogP contribution in [0.5, 0.6) is 0 Å². The summed E-state index contributed by atoms with van der Waals surface area (Å²) in [6.45, 7) is 9.83. The summed E-state index contributed by atoms with van der Waals surface area (Å²) in [5, 5.41) is 7.91. The number of hydrogen-bond acceptors (Lipinski definition) is 4. The van der Waals surface area contributed by atoms with Gasteiger partial charge in [0.2, 0.25) is 5.91 Å². The fourth-order valence-electron chi connectivity index (χ4n) is 3.70. The first-order chi connectivity index (χ1) is 11.0. The van der Waals surface area contributed by atoms with Crippen LogP contribution in [0.25, 0.3) is 0 Å². The SMILES string of the molecule is Cc1nn(C)c(C)c1CN1CCN(C(=O)CC2CCCN2)CC1.Cl.Cl.Cl. The maximum absolute atomic E-state index is 12.4. The van der Waals surface area contributed by atoms with Gasteiger partial charge < -0.3 is 10.2 Å². The highest BCUT2D eigenvalue weighted by atomic mass is 35.5. The van der Waals surface area contributed by atoms with Crippen molar-refractivity contribution in [3.63, 3.8) is 0 Å². The van der Waals surface area contributed by atoms with Crippen LogP contribution in [-0.2, 0) is 18.4 Å². The van der Waals surface area contributed by atoms with Crippen LogP contribution in [0.1, 0.15) is 36.2 Å². The molecular formula is C17H32Cl3N5O. The quantitative estimate of drug-likeness (QED) is 0.798. The highest BCUT2D eigenvalue weighted by molar-refractivity contribution is 5.86. The third-order valence-corrected chi connectivity index (χ3v) is 5.35. The molecule has 1 unspecified atom stereocenters. The Bertz CT molecular complexity index is 567. The molecule has 0 radical (unpaired) electrons. The summed E-state index contributed by atoms with van der Waals surface area (Å²) in [6, 6.07) is 0.404. The van der Waals surface area contributed by atoms with E-state index in [1.165, 1.54) is 17.7 Å². The van der Waals surface area contributed by atoms with Crippen molar-refractivity contribution in [1.82, 2.24) is 24.9 Å². The molecular weight excluding hydrogens is 397 g/mol. The first kappa shape index (κ1) is 25.5. The molecule has 0 bridgehead atoms.